The highest BCUT2D eigenvalue weighted by atomic mass is 16.5. The normalized spacial score (nSPS) is 18.1. The summed E-state index contributed by atoms with van der Waals surface area (Å²) in [5.41, 5.74) is 3.20. The van der Waals surface area contributed by atoms with E-state index in [0.717, 1.165) is 11.1 Å². The SMILES string of the molecule is CC(C)OC1=C/C(=C2\C=C(OC(C)C)c3ccccc3C2=O)C(=O)c2ccccc21. The minimum absolute atomic E-state index is 0.0677. The molecule has 0 aliphatic heterocycles. The summed E-state index contributed by atoms with van der Waals surface area (Å²) in [4.78, 5) is 26.7. The molecule has 0 saturated heterocycles. The van der Waals surface area contributed by atoms with Gasteiger partial charge >= 0.3 is 0 Å². The van der Waals surface area contributed by atoms with Gasteiger partial charge in [-0.15, -0.1) is 0 Å². The summed E-state index contributed by atoms with van der Waals surface area (Å²) >= 11 is 0. The number of benzene rings is 2. The van der Waals surface area contributed by atoms with Crippen molar-refractivity contribution in [3.8, 4) is 0 Å². The number of allylic oxidation sites excluding steroid dienone is 4. The fourth-order valence-electron chi connectivity index (χ4n) is 3.73. The Hall–Kier alpha value is -3.40. The van der Waals surface area contributed by atoms with Gasteiger partial charge in [-0.3, -0.25) is 9.59 Å². The fourth-order valence-corrected chi connectivity index (χ4v) is 3.73. The molecule has 2 aromatic carbocycles. The third kappa shape index (κ3) is 3.50. The van der Waals surface area contributed by atoms with Gasteiger partial charge in [-0.2, -0.15) is 0 Å². The number of carbonyl (C=O) groups is 2. The summed E-state index contributed by atoms with van der Waals surface area (Å²) in [5.74, 6) is 0.803. The molecule has 0 unspecified atom stereocenters. The number of carbonyl (C=O) groups excluding carboxylic acids is 2. The van der Waals surface area contributed by atoms with Crippen LogP contribution in [0.2, 0.25) is 0 Å². The quantitative estimate of drug-likeness (QED) is 0.626. The molecule has 2 aromatic rings. The van der Waals surface area contributed by atoms with Crippen molar-refractivity contribution in [1.82, 2.24) is 0 Å². The highest BCUT2D eigenvalue weighted by Crippen LogP contribution is 2.37. The highest BCUT2D eigenvalue weighted by Gasteiger charge is 2.32. The van der Waals surface area contributed by atoms with Gasteiger partial charge in [0.2, 0.25) is 0 Å². The average Bonchev–Trinajstić information content (AvgIpc) is 2.72. The predicted octanol–water partition coefficient (Wildman–Crippen LogP) is 5.61. The van der Waals surface area contributed by atoms with Crippen molar-refractivity contribution in [1.29, 1.82) is 0 Å². The maximum atomic E-state index is 13.4. The average molecular weight is 400 g/mol. The molecule has 30 heavy (non-hydrogen) atoms. The second-order valence-electron chi connectivity index (χ2n) is 7.93. The van der Waals surface area contributed by atoms with Gasteiger partial charge < -0.3 is 9.47 Å². The van der Waals surface area contributed by atoms with Gasteiger partial charge in [0, 0.05) is 33.4 Å². The highest BCUT2D eigenvalue weighted by molar-refractivity contribution is 6.25. The van der Waals surface area contributed by atoms with E-state index in [-0.39, 0.29) is 23.8 Å². The Morgan fingerprint density at radius 1 is 0.567 bits per heavy atom. The van der Waals surface area contributed by atoms with Gasteiger partial charge in [0.05, 0.1) is 12.2 Å². The molecular weight excluding hydrogens is 376 g/mol. The van der Waals surface area contributed by atoms with Gasteiger partial charge in [-0.25, -0.2) is 0 Å². The number of ether oxygens (including phenoxy) is 2. The molecule has 4 heteroatoms. The van der Waals surface area contributed by atoms with Crippen molar-refractivity contribution in [3.63, 3.8) is 0 Å². The molecule has 0 heterocycles. The van der Waals surface area contributed by atoms with Crippen molar-refractivity contribution in [2.45, 2.75) is 39.9 Å². The molecule has 0 atom stereocenters. The Bertz CT molecular complexity index is 1040. The van der Waals surface area contributed by atoms with E-state index in [1.807, 2.05) is 64.1 Å². The van der Waals surface area contributed by atoms with Gasteiger partial charge in [0.15, 0.2) is 11.6 Å². The number of fused-ring (bicyclic) bond motifs is 2. The molecule has 0 bridgehead atoms. The molecule has 4 rings (SSSR count). The number of hydrogen-bond acceptors (Lipinski definition) is 4. The predicted molar refractivity (Wildman–Crippen MR) is 117 cm³/mol. The molecule has 0 amide bonds. The largest absolute Gasteiger partial charge is 0.490 e. The molecule has 2 aliphatic carbocycles. The van der Waals surface area contributed by atoms with E-state index in [2.05, 4.69) is 0 Å². The van der Waals surface area contributed by atoms with Crippen LogP contribution in [0.3, 0.4) is 0 Å². The second kappa shape index (κ2) is 7.79. The molecule has 0 N–H and O–H groups in total. The monoisotopic (exact) mass is 400 g/mol. The van der Waals surface area contributed by atoms with E-state index >= 15 is 0 Å². The van der Waals surface area contributed by atoms with E-state index < -0.39 is 0 Å². The Morgan fingerprint density at radius 3 is 1.23 bits per heavy atom. The Balaban J connectivity index is 1.95. The number of ketones is 2. The van der Waals surface area contributed by atoms with E-state index in [1.165, 1.54) is 0 Å². The lowest BCUT2D eigenvalue weighted by Gasteiger charge is -2.25. The third-order valence-corrected chi connectivity index (χ3v) is 4.93. The first-order chi connectivity index (χ1) is 14.4. The van der Waals surface area contributed by atoms with E-state index in [9.17, 15) is 9.59 Å². The van der Waals surface area contributed by atoms with Crippen LogP contribution in [0.4, 0.5) is 0 Å². The fraction of sp³-hybridized carbons (Fsp3) is 0.231. The first-order valence-corrected chi connectivity index (χ1v) is 10.2. The minimum atomic E-state index is -0.190. The molecule has 0 spiro atoms. The van der Waals surface area contributed by atoms with E-state index in [1.54, 1.807) is 24.3 Å². The molecular formula is C26H24O4. The maximum Gasteiger partial charge on any atom is 0.194 e. The van der Waals surface area contributed by atoms with Crippen molar-refractivity contribution >= 4 is 23.1 Å². The van der Waals surface area contributed by atoms with Crippen LogP contribution in [0, 0.1) is 0 Å². The number of rotatable bonds is 4. The zero-order valence-electron chi connectivity index (χ0n) is 17.6. The first kappa shape index (κ1) is 19.9. The van der Waals surface area contributed by atoms with Gasteiger partial charge in [-0.05, 0) is 39.8 Å². The molecule has 0 radical (unpaired) electrons. The summed E-state index contributed by atoms with van der Waals surface area (Å²) < 4.78 is 12.0. The van der Waals surface area contributed by atoms with Crippen LogP contribution in [0.25, 0.3) is 11.5 Å². The van der Waals surface area contributed by atoms with Crippen molar-refractivity contribution in [2.75, 3.05) is 0 Å². The standard InChI is InChI=1S/C26H24O4/c1-15(2)29-23-13-21(25(27)19-11-7-5-9-17(19)23)22-14-24(30-16(3)4)18-10-6-8-12-20(18)26(22)28/h5-16H,1-4H3/b22-21-. The van der Waals surface area contributed by atoms with Crippen LogP contribution in [-0.4, -0.2) is 23.8 Å². The van der Waals surface area contributed by atoms with Crippen molar-refractivity contribution in [2.24, 2.45) is 0 Å². The number of Topliss-reactive ketones (excluding diaryl/α,β-unsaturated/α-hetero) is 2. The second-order valence-corrected chi connectivity index (χ2v) is 7.93. The molecule has 0 saturated carbocycles. The molecule has 152 valence electrons. The van der Waals surface area contributed by atoms with Crippen LogP contribution in [0.5, 0.6) is 0 Å². The Labute approximate surface area is 176 Å². The smallest absolute Gasteiger partial charge is 0.194 e. The van der Waals surface area contributed by atoms with Crippen LogP contribution in [0.1, 0.15) is 59.5 Å². The minimum Gasteiger partial charge on any atom is -0.490 e. The topological polar surface area (TPSA) is 52.6 Å². The first-order valence-electron chi connectivity index (χ1n) is 10.2. The zero-order valence-corrected chi connectivity index (χ0v) is 17.6. The third-order valence-electron chi connectivity index (χ3n) is 4.93. The van der Waals surface area contributed by atoms with Gasteiger partial charge in [0.1, 0.15) is 11.5 Å². The summed E-state index contributed by atoms with van der Waals surface area (Å²) in [6.45, 7) is 7.73. The van der Waals surface area contributed by atoms with Gasteiger partial charge in [0.25, 0.3) is 0 Å². The Kier molecular flexibility index (Phi) is 5.17. The molecule has 2 aliphatic rings. The maximum absolute atomic E-state index is 13.4. The molecule has 0 fully saturated rings. The molecule has 4 nitrogen and oxygen atoms in total. The summed E-state index contributed by atoms with van der Waals surface area (Å²) in [6.07, 6.45) is 3.24. The van der Waals surface area contributed by atoms with Crippen LogP contribution < -0.4 is 0 Å². The zero-order chi connectivity index (χ0) is 21.4. The van der Waals surface area contributed by atoms with Gasteiger partial charge in [-0.1, -0.05) is 48.5 Å². The lowest BCUT2D eigenvalue weighted by molar-refractivity contribution is 0.1000. The van der Waals surface area contributed by atoms with Crippen molar-refractivity contribution in [3.05, 3.63) is 94.1 Å². The van der Waals surface area contributed by atoms with Crippen LogP contribution in [-0.2, 0) is 9.47 Å². The lowest BCUT2D eigenvalue weighted by atomic mass is 9.83. The van der Waals surface area contributed by atoms with Crippen LogP contribution in [0.15, 0.2) is 71.8 Å². The summed E-state index contributed by atoms with van der Waals surface area (Å²) in [6, 6.07) is 14.7. The number of hydrogen-bond donors (Lipinski definition) is 0. The van der Waals surface area contributed by atoms with E-state index in [4.69, 9.17) is 9.47 Å². The lowest BCUT2D eigenvalue weighted by Crippen LogP contribution is -2.21. The van der Waals surface area contributed by atoms with Crippen LogP contribution >= 0.6 is 0 Å². The molecule has 0 aromatic heterocycles. The Morgan fingerprint density at radius 2 is 0.900 bits per heavy atom. The van der Waals surface area contributed by atoms with E-state index in [0.29, 0.717) is 33.8 Å². The summed E-state index contributed by atoms with van der Waals surface area (Å²) in [5, 5.41) is 0. The van der Waals surface area contributed by atoms with Crippen molar-refractivity contribution < 1.29 is 19.1 Å². The summed E-state index contributed by atoms with van der Waals surface area (Å²) in [7, 11) is 0.